The molecule has 0 spiro atoms. The molecule has 0 bridgehead atoms. The third-order valence-corrected chi connectivity index (χ3v) is 4.21. The zero-order valence-corrected chi connectivity index (χ0v) is 15.0. The lowest BCUT2D eigenvalue weighted by Gasteiger charge is -2.13. The van der Waals surface area contributed by atoms with Crippen LogP contribution in [0.2, 0.25) is 0 Å². The number of fused-ring (bicyclic) bond motifs is 1. The van der Waals surface area contributed by atoms with Crippen molar-refractivity contribution in [2.75, 3.05) is 19.6 Å². The predicted octanol–water partition coefficient (Wildman–Crippen LogP) is 1.18. The highest BCUT2D eigenvalue weighted by Gasteiger charge is 2.36. The monoisotopic (exact) mass is 419 g/mol. The number of imide groups is 1. The molecule has 3 rings (SSSR count). The van der Waals surface area contributed by atoms with E-state index in [9.17, 15) is 19.2 Å². The molecule has 2 N–H and O–H groups in total. The van der Waals surface area contributed by atoms with E-state index in [2.05, 4.69) is 26.6 Å². The topological polar surface area (TPSA) is 109 Å². The number of carbonyl (C=O) groups is 4. The number of nitrogens with zero attached hydrogens (tertiary/aromatic N) is 1. The lowest BCUT2D eigenvalue weighted by Crippen LogP contribution is -2.42. The van der Waals surface area contributed by atoms with Gasteiger partial charge in [-0.2, -0.15) is 0 Å². The molecule has 0 unspecified atom stereocenters. The maximum Gasteiger partial charge on any atom is 0.287 e. The number of amides is 4. The zero-order valence-electron chi connectivity index (χ0n) is 13.5. The van der Waals surface area contributed by atoms with Crippen LogP contribution in [0.4, 0.5) is 0 Å². The third-order valence-electron chi connectivity index (χ3n) is 3.71. The first kappa shape index (κ1) is 17.9. The van der Waals surface area contributed by atoms with Crippen LogP contribution < -0.4 is 10.6 Å². The summed E-state index contributed by atoms with van der Waals surface area (Å²) in [6, 6.07) is 7.88. The minimum Gasteiger partial charge on any atom is -0.459 e. The average molecular weight is 420 g/mol. The highest BCUT2D eigenvalue weighted by atomic mass is 79.9. The summed E-state index contributed by atoms with van der Waals surface area (Å²) in [6.07, 6.45) is 1.39. The second kappa shape index (κ2) is 7.52. The van der Waals surface area contributed by atoms with Crippen molar-refractivity contribution in [3.8, 4) is 0 Å². The Morgan fingerprint density at radius 3 is 2.50 bits per heavy atom. The quantitative estimate of drug-likeness (QED) is 0.539. The fourth-order valence-electron chi connectivity index (χ4n) is 2.48. The Hall–Kier alpha value is -2.94. The summed E-state index contributed by atoms with van der Waals surface area (Å²) < 4.78 is 5.62. The molecule has 0 saturated carbocycles. The maximum absolute atomic E-state index is 12.3. The Balaban J connectivity index is 1.47. The van der Waals surface area contributed by atoms with Gasteiger partial charge in [-0.25, -0.2) is 0 Å². The molecule has 0 aliphatic carbocycles. The largest absolute Gasteiger partial charge is 0.459 e. The van der Waals surface area contributed by atoms with Crippen molar-refractivity contribution < 1.29 is 23.6 Å². The second-order valence-electron chi connectivity index (χ2n) is 5.47. The van der Waals surface area contributed by atoms with Crippen molar-refractivity contribution >= 4 is 39.6 Å². The Bertz CT molecular complexity index is 879. The number of rotatable bonds is 6. The molecular weight excluding hydrogens is 406 g/mol. The van der Waals surface area contributed by atoms with Crippen molar-refractivity contribution in [3.63, 3.8) is 0 Å². The Morgan fingerprint density at radius 1 is 1.04 bits per heavy atom. The van der Waals surface area contributed by atoms with E-state index >= 15 is 0 Å². The van der Waals surface area contributed by atoms with Crippen LogP contribution in [0.1, 0.15) is 31.3 Å². The molecule has 1 aliphatic heterocycles. The van der Waals surface area contributed by atoms with E-state index in [1.165, 1.54) is 12.3 Å². The summed E-state index contributed by atoms with van der Waals surface area (Å²) in [7, 11) is 0. The van der Waals surface area contributed by atoms with E-state index in [0.717, 1.165) is 4.90 Å². The SMILES string of the molecule is O=C(CN1C(=O)c2ccc(Br)cc2C1=O)NCCNC(=O)c1ccco1. The summed E-state index contributed by atoms with van der Waals surface area (Å²) in [5.41, 5.74) is 0.541. The molecule has 134 valence electrons. The highest BCUT2D eigenvalue weighted by Crippen LogP contribution is 2.25. The van der Waals surface area contributed by atoms with Gasteiger partial charge in [-0.15, -0.1) is 0 Å². The first-order valence-corrected chi connectivity index (χ1v) is 8.51. The van der Waals surface area contributed by atoms with Crippen molar-refractivity contribution in [2.24, 2.45) is 0 Å². The maximum atomic E-state index is 12.3. The van der Waals surface area contributed by atoms with Gasteiger partial charge < -0.3 is 15.1 Å². The molecule has 0 atom stereocenters. The van der Waals surface area contributed by atoms with Crippen molar-refractivity contribution in [2.45, 2.75) is 0 Å². The van der Waals surface area contributed by atoms with Gasteiger partial charge in [0.25, 0.3) is 17.7 Å². The number of benzene rings is 1. The molecule has 0 saturated heterocycles. The second-order valence-corrected chi connectivity index (χ2v) is 6.39. The molecule has 2 heterocycles. The molecule has 0 fully saturated rings. The van der Waals surface area contributed by atoms with Crippen LogP contribution in [0.15, 0.2) is 45.5 Å². The third kappa shape index (κ3) is 3.67. The van der Waals surface area contributed by atoms with Crippen molar-refractivity contribution in [1.29, 1.82) is 0 Å². The summed E-state index contributed by atoms with van der Waals surface area (Å²) in [5, 5.41) is 5.12. The summed E-state index contributed by atoms with van der Waals surface area (Å²) in [4.78, 5) is 49.1. The summed E-state index contributed by atoms with van der Waals surface area (Å²) in [6.45, 7) is -0.0452. The van der Waals surface area contributed by atoms with Gasteiger partial charge in [0.2, 0.25) is 5.91 Å². The van der Waals surface area contributed by atoms with Crippen LogP contribution in [0.25, 0.3) is 0 Å². The first-order chi connectivity index (χ1) is 12.5. The summed E-state index contributed by atoms with van der Waals surface area (Å²) in [5.74, 6) is -1.72. The van der Waals surface area contributed by atoms with Crippen molar-refractivity contribution in [3.05, 3.63) is 58.0 Å². The molecule has 9 heteroatoms. The van der Waals surface area contributed by atoms with E-state index in [1.54, 1.807) is 24.3 Å². The van der Waals surface area contributed by atoms with Crippen LogP contribution in [0, 0.1) is 0 Å². The van der Waals surface area contributed by atoms with E-state index in [-0.39, 0.29) is 36.5 Å². The van der Waals surface area contributed by atoms with Crippen LogP contribution in [0.5, 0.6) is 0 Å². The van der Waals surface area contributed by atoms with E-state index < -0.39 is 23.6 Å². The van der Waals surface area contributed by atoms with Crippen LogP contribution in [-0.4, -0.2) is 48.2 Å². The fraction of sp³-hybridized carbons (Fsp3) is 0.176. The van der Waals surface area contributed by atoms with Crippen molar-refractivity contribution in [1.82, 2.24) is 15.5 Å². The van der Waals surface area contributed by atoms with E-state index in [4.69, 9.17) is 4.42 Å². The Morgan fingerprint density at radius 2 is 1.77 bits per heavy atom. The normalized spacial score (nSPS) is 12.9. The average Bonchev–Trinajstić information content (AvgIpc) is 3.23. The Kier molecular flexibility index (Phi) is 5.17. The fourth-order valence-corrected chi connectivity index (χ4v) is 2.84. The van der Waals surface area contributed by atoms with Gasteiger partial charge in [0, 0.05) is 17.6 Å². The molecule has 26 heavy (non-hydrogen) atoms. The highest BCUT2D eigenvalue weighted by molar-refractivity contribution is 9.10. The lowest BCUT2D eigenvalue weighted by atomic mass is 10.1. The van der Waals surface area contributed by atoms with Gasteiger partial charge >= 0.3 is 0 Å². The molecule has 0 radical (unpaired) electrons. The van der Waals surface area contributed by atoms with Gasteiger partial charge in [0.05, 0.1) is 17.4 Å². The Labute approximate surface area is 156 Å². The number of hydrogen-bond acceptors (Lipinski definition) is 5. The number of halogens is 1. The van der Waals surface area contributed by atoms with Gasteiger partial charge in [-0.3, -0.25) is 24.1 Å². The molecule has 2 aromatic rings. The molecule has 8 nitrogen and oxygen atoms in total. The standard InChI is InChI=1S/C17H14BrN3O5/c18-10-3-4-11-12(8-10)17(25)21(16(11)24)9-14(22)19-5-6-20-15(23)13-2-1-7-26-13/h1-4,7-8H,5-6,9H2,(H,19,22)(H,20,23). The number of hydrogen-bond donors (Lipinski definition) is 2. The number of nitrogens with one attached hydrogen (secondary N) is 2. The minimum atomic E-state index is -0.507. The smallest absolute Gasteiger partial charge is 0.287 e. The van der Waals surface area contributed by atoms with E-state index in [0.29, 0.717) is 4.47 Å². The van der Waals surface area contributed by atoms with E-state index in [1.807, 2.05) is 0 Å². The van der Waals surface area contributed by atoms with Crippen LogP contribution >= 0.6 is 15.9 Å². The predicted molar refractivity (Wildman–Crippen MR) is 93.6 cm³/mol. The number of furan rings is 1. The molecule has 1 aromatic carbocycles. The molecule has 1 aliphatic rings. The first-order valence-electron chi connectivity index (χ1n) is 7.71. The molecule has 4 amide bonds. The lowest BCUT2D eigenvalue weighted by molar-refractivity contribution is -0.121. The van der Waals surface area contributed by atoms with Crippen LogP contribution in [0.3, 0.4) is 0 Å². The molecule has 1 aromatic heterocycles. The number of carbonyl (C=O) groups excluding carboxylic acids is 4. The zero-order chi connectivity index (χ0) is 18.7. The van der Waals surface area contributed by atoms with Gasteiger partial charge in [0.15, 0.2) is 5.76 Å². The van der Waals surface area contributed by atoms with Crippen LogP contribution in [-0.2, 0) is 4.79 Å². The van der Waals surface area contributed by atoms with Gasteiger partial charge in [-0.1, -0.05) is 15.9 Å². The minimum absolute atomic E-state index is 0.153. The van der Waals surface area contributed by atoms with Gasteiger partial charge in [0.1, 0.15) is 6.54 Å². The molecular formula is C17H14BrN3O5. The van der Waals surface area contributed by atoms with Gasteiger partial charge in [-0.05, 0) is 30.3 Å². The summed E-state index contributed by atoms with van der Waals surface area (Å²) >= 11 is 3.25.